The maximum atomic E-state index is 13.1. The molecule has 0 bridgehead atoms. The monoisotopic (exact) mass is 355 g/mol. The summed E-state index contributed by atoms with van der Waals surface area (Å²) in [5.74, 6) is -2.91. The zero-order valence-corrected chi connectivity index (χ0v) is 14.8. The molecule has 0 aromatic heterocycles. The van der Waals surface area contributed by atoms with Gasteiger partial charge in [0.05, 0.1) is 11.0 Å². The van der Waals surface area contributed by atoms with E-state index < -0.39 is 27.1 Å². The van der Waals surface area contributed by atoms with Gasteiger partial charge in [0.15, 0.2) is 9.84 Å². The fraction of sp³-hybridized carbons (Fsp3) is 0.933. The number of alkyl halides is 2. The van der Waals surface area contributed by atoms with E-state index >= 15 is 0 Å². The Morgan fingerprint density at radius 2 is 1.78 bits per heavy atom. The van der Waals surface area contributed by atoms with Gasteiger partial charge in [0.2, 0.25) is 5.92 Å². The molecule has 0 aliphatic heterocycles. The lowest BCUT2D eigenvalue weighted by molar-refractivity contribution is -0.0328. The van der Waals surface area contributed by atoms with E-state index in [0.717, 1.165) is 0 Å². The summed E-state index contributed by atoms with van der Waals surface area (Å²) in [5, 5.41) is 8.45. The maximum absolute atomic E-state index is 13.1. The molecule has 1 aliphatic carbocycles. The zero-order valence-electron chi connectivity index (χ0n) is 14.0. The van der Waals surface area contributed by atoms with Crippen LogP contribution >= 0.6 is 0 Å². The minimum absolute atomic E-state index is 0.0139. The minimum atomic E-state index is -3.45. The number of amides is 1. The van der Waals surface area contributed by atoms with Crippen molar-refractivity contribution in [2.24, 2.45) is 5.41 Å². The van der Waals surface area contributed by atoms with Gasteiger partial charge in [0.25, 0.3) is 0 Å². The first-order chi connectivity index (χ1) is 10.3. The summed E-state index contributed by atoms with van der Waals surface area (Å²) >= 11 is 0. The first-order valence-electron chi connectivity index (χ1n) is 7.90. The summed E-state index contributed by atoms with van der Waals surface area (Å²) < 4.78 is 50.7. The van der Waals surface area contributed by atoms with Crippen LogP contribution in [0.2, 0.25) is 0 Å². The summed E-state index contributed by atoms with van der Waals surface area (Å²) in [4.78, 5) is 12.4. The average Bonchev–Trinajstić information content (AvgIpc) is 2.35. The number of hydrogen-bond acceptors (Lipinski definition) is 3. The molecule has 0 aromatic rings. The lowest BCUT2D eigenvalue weighted by Gasteiger charge is -2.29. The highest BCUT2D eigenvalue weighted by atomic mass is 32.2. The number of rotatable bonds is 6. The van der Waals surface area contributed by atoms with Crippen LogP contribution in [-0.2, 0) is 9.84 Å². The van der Waals surface area contributed by atoms with Crippen LogP contribution in [0.4, 0.5) is 13.6 Å². The van der Waals surface area contributed by atoms with Gasteiger partial charge in [-0.15, -0.1) is 0 Å². The molecule has 0 atom stereocenters. The number of halogens is 2. The fourth-order valence-corrected chi connectivity index (χ4v) is 4.63. The standard InChI is InChI=1S/C15H27F2NO4S/c1-14(2,3)11-18(13(19)20)9-4-10-23(21,22)12-5-7-15(16,17)8-6-12/h12H,4-11H2,1-3H3,(H,19,20). The molecule has 1 saturated carbocycles. The summed E-state index contributed by atoms with van der Waals surface area (Å²) in [6.45, 7) is 6.17. The second-order valence-electron chi connectivity index (χ2n) is 7.54. The van der Waals surface area contributed by atoms with Gasteiger partial charge in [0, 0.05) is 25.9 Å². The second kappa shape index (κ2) is 7.32. The molecule has 1 rings (SSSR count). The van der Waals surface area contributed by atoms with E-state index in [9.17, 15) is 22.0 Å². The van der Waals surface area contributed by atoms with Crippen LogP contribution in [0.25, 0.3) is 0 Å². The van der Waals surface area contributed by atoms with Crippen molar-refractivity contribution in [2.75, 3.05) is 18.8 Å². The highest BCUT2D eigenvalue weighted by Crippen LogP contribution is 2.36. The van der Waals surface area contributed by atoms with Crippen LogP contribution in [0.3, 0.4) is 0 Å². The summed E-state index contributed by atoms with van der Waals surface area (Å²) in [5.41, 5.74) is -0.216. The molecular weight excluding hydrogens is 328 g/mol. The Labute approximate surface area is 137 Å². The molecule has 0 heterocycles. The molecule has 1 amide bonds. The van der Waals surface area contributed by atoms with Crippen LogP contribution < -0.4 is 0 Å². The molecular formula is C15H27F2NO4S. The van der Waals surface area contributed by atoms with Gasteiger partial charge >= 0.3 is 6.09 Å². The molecule has 0 unspecified atom stereocenters. The third-order valence-corrected chi connectivity index (χ3v) is 6.31. The van der Waals surface area contributed by atoms with Gasteiger partial charge in [-0.3, -0.25) is 0 Å². The third-order valence-electron chi connectivity index (χ3n) is 3.96. The lowest BCUT2D eigenvalue weighted by Crippen LogP contribution is -2.39. The third kappa shape index (κ3) is 7.01. The number of hydrogen-bond donors (Lipinski definition) is 1. The van der Waals surface area contributed by atoms with Gasteiger partial charge in [-0.2, -0.15) is 0 Å². The molecule has 1 fully saturated rings. The topological polar surface area (TPSA) is 74.7 Å². The van der Waals surface area contributed by atoms with E-state index in [0.29, 0.717) is 6.54 Å². The quantitative estimate of drug-likeness (QED) is 0.792. The smallest absolute Gasteiger partial charge is 0.407 e. The molecule has 5 nitrogen and oxygen atoms in total. The van der Waals surface area contributed by atoms with E-state index in [1.807, 2.05) is 20.8 Å². The molecule has 8 heteroatoms. The van der Waals surface area contributed by atoms with Gasteiger partial charge < -0.3 is 10.0 Å². The van der Waals surface area contributed by atoms with Gasteiger partial charge in [-0.1, -0.05) is 20.8 Å². The Bertz CT molecular complexity index is 504. The van der Waals surface area contributed by atoms with E-state index in [1.54, 1.807) is 0 Å². The molecule has 0 radical (unpaired) electrons. The van der Waals surface area contributed by atoms with Crippen molar-refractivity contribution in [1.82, 2.24) is 4.90 Å². The first kappa shape index (κ1) is 20.1. The molecule has 1 aliphatic rings. The Kier molecular flexibility index (Phi) is 6.40. The molecule has 23 heavy (non-hydrogen) atoms. The highest BCUT2D eigenvalue weighted by Gasteiger charge is 2.39. The van der Waals surface area contributed by atoms with Crippen LogP contribution in [0.15, 0.2) is 0 Å². The number of carboxylic acid groups (broad SMARTS) is 1. The van der Waals surface area contributed by atoms with Crippen LogP contribution in [-0.4, -0.2) is 54.5 Å². The van der Waals surface area contributed by atoms with Crippen LogP contribution in [0.1, 0.15) is 52.9 Å². The largest absolute Gasteiger partial charge is 0.465 e. The summed E-state index contributed by atoms with van der Waals surface area (Å²) in [6, 6.07) is 0. The van der Waals surface area contributed by atoms with E-state index in [1.165, 1.54) is 4.90 Å². The minimum Gasteiger partial charge on any atom is -0.465 e. The van der Waals surface area contributed by atoms with Gasteiger partial charge in [-0.25, -0.2) is 22.0 Å². The molecule has 136 valence electrons. The molecule has 1 N–H and O–H groups in total. The van der Waals surface area contributed by atoms with Crippen LogP contribution in [0, 0.1) is 5.41 Å². The van der Waals surface area contributed by atoms with Gasteiger partial charge in [-0.05, 0) is 24.7 Å². The maximum Gasteiger partial charge on any atom is 0.407 e. The van der Waals surface area contributed by atoms with E-state index in [4.69, 9.17) is 5.11 Å². The van der Waals surface area contributed by atoms with Crippen molar-refractivity contribution in [2.45, 2.75) is 64.0 Å². The van der Waals surface area contributed by atoms with E-state index in [2.05, 4.69) is 0 Å². The first-order valence-corrected chi connectivity index (χ1v) is 9.61. The van der Waals surface area contributed by atoms with Crippen molar-refractivity contribution in [3.05, 3.63) is 0 Å². The Hall–Kier alpha value is -0.920. The van der Waals surface area contributed by atoms with Crippen molar-refractivity contribution in [3.63, 3.8) is 0 Å². The SMILES string of the molecule is CC(C)(C)CN(CCCS(=O)(=O)C1CCC(F)(F)CC1)C(=O)O. The summed E-state index contributed by atoms with van der Waals surface area (Å²) in [6.07, 6.45) is -1.68. The zero-order chi connectivity index (χ0) is 17.9. The highest BCUT2D eigenvalue weighted by molar-refractivity contribution is 7.92. The number of carbonyl (C=O) groups is 1. The average molecular weight is 355 g/mol. The Morgan fingerprint density at radius 3 is 2.22 bits per heavy atom. The second-order valence-corrected chi connectivity index (χ2v) is 9.94. The molecule has 0 saturated heterocycles. The van der Waals surface area contributed by atoms with Crippen molar-refractivity contribution >= 4 is 15.9 Å². The van der Waals surface area contributed by atoms with Gasteiger partial charge in [0.1, 0.15) is 0 Å². The number of sulfone groups is 1. The summed E-state index contributed by atoms with van der Waals surface area (Å²) in [7, 11) is -3.45. The lowest BCUT2D eigenvalue weighted by atomic mass is 9.96. The predicted molar refractivity (Wildman–Crippen MR) is 84.7 cm³/mol. The van der Waals surface area contributed by atoms with Crippen LogP contribution in [0.5, 0.6) is 0 Å². The number of nitrogens with zero attached hydrogens (tertiary/aromatic N) is 1. The predicted octanol–water partition coefficient (Wildman–Crippen LogP) is 3.40. The van der Waals surface area contributed by atoms with Crippen molar-refractivity contribution in [3.8, 4) is 0 Å². The fourth-order valence-electron chi connectivity index (χ4n) is 2.81. The van der Waals surface area contributed by atoms with E-state index in [-0.39, 0.29) is 49.8 Å². The molecule has 0 aromatic carbocycles. The van der Waals surface area contributed by atoms with Crippen molar-refractivity contribution in [1.29, 1.82) is 0 Å². The Balaban J connectivity index is 2.51. The molecule has 0 spiro atoms. The normalized spacial score (nSPS) is 19.5. The van der Waals surface area contributed by atoms with Crippen molar-refractivity contribution < 1.29 is 27.1 Å². The Morgan fingerprint density at radius 1 is 1.26 bits per heavy atom.